The summed E-state index contributed by atoms with van der Waals surface area (Å²) in [5, 5.41) is 6.00. The second-order valence-electron chi connectivity index (χ2n) is 5.30. The number of hydrogen-bond acceptors (Lipinski definition) is 4. The number of amides is 2. The molecule has 0 aliphatic carbocycles. The first-order valence-electron chi connectivity index (χ1n) is 7.99. The number of para-hydroxylation sites is 1. The Labute approximate surface area is 147 Å². The summed E-state index contributed by atoms with van der Waals surface area (Å²) in [6.07, 6.45) is 2.89. The van der Waals surface area contributed by atoms with Crippen molar-refractivity contribution < 1.29 is 19.1 Å². The summed E-state index contributed by atoms with van der Waals surface area (Å²) in [4.78, 5) is 22.8. The predicted molar refractivity (Wildman–Crippen MR) is 94.6 cm³/mol. The molecule has 0 radical (unpaired) electrons. The summed E-state index contributed by atoms with van der Waals surface area (Å²) < 4.78 is 10.5. The van der Waals surface area contributed by atoms with E-state index in [2.05, 4.69) is 10.6 Å². The van der Waals surface area contributed by atoms with E-state index < -0.39 is 0 Å². The molecule has 2 amide bonds. The van der Waals surface area contributed by atoms with Crippen molar-refractivity contribution in [2.45, 2.75) is 32.6 Å². The van der Waals surface area contributed by atoms with Gasteiger partial charge in [-0.3, -0.25) is 9.59 Å². The molecule has 0 atom stereocenters. The van der Waals surface area contributed by atoms with Gasteiger partial charge in [0.2, 0.25) is 11.8 Å². The van der Waals surface area contributed by atoms with Gasteiger partial charge >= 0.3 is 0 Å². The Kier molecular flexibility index (Phi) is 9.88. The van der Waals surface area contributed by atoms with Crippen LogP contribution in [0.5, 0.6) is 5.75 Å². The van der Waals surface area contributed by atoms with E-state index in [0.29, 0.717) is 42.6 Å². The molecule has 0 heterocycles. The first-order valence-corrected chi connectivity index (χ1v) is 8.37. The minimum Gasteiger partial charge on any atom is -0.487 e. The molecule has 24 heavy (non-hydrogen) atoms. The monoisotopic (exact) mass is 356 g/mol. The number of methoxy groups -OCH3 is 1. The lowest BCUT2D eigenvalue weighted by molar-refractivity contribution is -0.119. The number of anilines is 1. The molecule has 1 aromatic carbocycles. The summed E-state index contributed by atoms with van der Waals surface area (Å²) in [6, 6.07) is 5.22. The zero-order chi connectivity index (χ0) is 17.8. The van der Waals surface area contributed by atoms with E-state index in [9.17, 15) is 9.59 Å². The molecule has 0 aliphatic heterocycles. The molecule has 0 aromatic heterocycles. The van der Waals surface area contributed by atoms with Crippen LogP contribution in [0, 0.1) is 0 Å². The fourth-order valence-corrected chi connectivity index (χ4v) is 2.27. The van der Waals surface area contributed by atoms with Crippen molar-refractivity contribution in [3.63, 3.8) is 0 Å². The normalized spacial score (nSPS) is 10.3. The molecule has 1 aromatic rings. The quantitative estimate of drug-likeness (QED) is 0.597. The Morgan fingerprint density at radius 1 is 1.17 bits per heavy atom. The Balaban J connectivity index is 2.40. The molecule has 2 N–H and O–H groups in total. The minimum atomic E-state index is -0.0895. The van der Waals surface area contributed by atoms with Gasteiger partial charge in [0.25, 0.3) is 0 Å². The van der Waals surface area contributed by atoms with Crippen molar-refractivity contribution in [2.75, 3.05) is 32.2 Å². The number of hydrogen-bond donors (Lipinski definition) is 2. The standard InChI is InChI=1S/C17H25ClN2O4/c1-13(21)19-10-5-3-4-9-16(22)20-15-8-6-7-14(18)17(15)24-12-11-23-2/h6-8H,3-5,9-12H2,1-2H3,(H,19,21)(H,20,22). The first-order chi connectivity index (χ1) is 11.5. The van der Waals surface area contributed by atoms with Crippen molar-refractivity contribution in [3.8, 4) is 5.75 Å². The summed E-state index contributed by atoms with van der Waals surface area (Å²) in [6.45, 7) is 2.92. The van der Waals surface area contributed by atoms with Gasteiger partial charge in [-0.15, -0.1) is 0 Å². The first kappa shape index (κ1) is 20.3. The molecular weight excluding hydrogens is 332 g/mol. The van der Waals surface area contributed by atoms with Crippen LogP contribution in [-0.2, 0) is 14.3 Å². The van der Waals surface area contributed by atoms with Gasteiger partial charge in [0.15, 0.2) is 5.75 Å². The number of benzene rings is 1. The smallest absolute Gasteiger partial charge is 0.224 e. The molecule has 0 aliphatic rings. The number of halogens is 1. The highest BCUT2D eigenvalue weighted by molar-refractivity contribution is 6.32. The molecule has 0 saturated carbocycles. The van der Waals surface area contributed by atoms with E-state index >= 15 is 0 Å². The Morgan fingerprint density at radius 3 is 2.67 bits per heavy atom. The second-order valence-corrected chi connectivity index (χ2v) is 5.71. The summed E-state index contributed by atoms with van der Waals surface area (Å²) in [5.74, 6) is 0.332. The van der Waals surface area contributed by atoms with Crippen LogP contribution < -0.4 is 15.4 Å². The molecule has 1 rings (SSSR count). The minimum absolute atomic E-state index is 0.0327. The number of carbonyl (C=O) groups is 2. The van der Waals surface area contributed by atoms with Crippen LogP contribution in [0.3, 0.4) is 0 Å². The fourth-order valence-electron chi connectivity index (χ4n) is 2.05. The molecule has 0 unspecified atom stereocenters. The lowest BCUT2D eigenvalue weighted by Gasteiger charge is -2.13. The number of nitrogens with one attached hydrogen (secondary N) is 2. The largest absolute Gasteiger partial charge is 0.487 e. The third-order valence-corrected chi connectivity index (χ3v) is 3.53. The van der Waals surface area contributed by atoms with Crippen molar-refractivity contribution in [1.29, 1.82) is 0 Å². The lowest BCUT2D eigenvalue weighted by Crippen LogP contribution is -2.20. The van der Waals surface area contributed by atoms with Gasteiger partial charge < -0.3 is 20.1 Å². The van der Waals surface area contributed by atoms with E-state index in [0.717, 1.165) is 19.3 Å². The van der Waals surface area contributed by atoms with E-state index in [1.165, 1.54) is 6.92 Å². The van der Waals surface area contributed by atoms with Crippen molar-refractivity contribution in [2.24, 2.45) is 0 Å². The van der Waals surface area contributed by atoms with Crippen LogP contribution in [0.15, 0.2) is 18.2 Å². The van der Waals surface area contributed by atoms with Gasteiger partial charge in [-0.05, 0) is 25.0 Å². The van der Waals surface area contributed by atoms with Crippen molar-refractivity contribution >= 4 is 29.1 Å². The summed E-state index contributed by atoms with van der Waals surface area (Å²) in [7, 11) is 1.59. The van der Waals surface area contributed by atoms with Gasteiger partial charge in [-0.1, -0.05) is 24.1 Å². The number of carbonyl (C=O) groups excluding carboxylic acids is 2. The molecule has 0 fully saturated rings. The molecule has 134 valence electrons. The molecule has 6 nitrogen and oxygen atoms in total. The van der Waals surface area contributed by atoms with Crippen LogP contribution in [0.25, 0.3) is 0 Å². The maximum Gasteiger partial charge on any atom is 0.224 e. The lowest BCUT2D eigenvalue weighted by atomic mass is 10.2. The van der Waals surface area contributed by atoms with Gasteiger partial charge in [0.05, 0.1) is 17.3 Å². The predicted octanol–water partition coefficient (Wildman–Crippen LogP) is 3.00. The van der Waals surface area contributed by atoms with E-state index in [4.69, 9.17) is 21.1 Å². The zero-order valence-corrected chi connectivity index (χ0v) is 14.9. The van der Waals surface area contributed by atoms with E-state index in [-0.39, 0.29) is 11.8 Å². The van der Waals surface area contributed by atoms with E-state index in [1.54, 1.807) is 25.3 Å². The molecular formula is C17H25ClN2O4. The van der Waals surface area contributed by atoms with Gasteiger partial charge in [-0.2, -0.15) is 0 Å². The van der Waals surface area contributed by atoms with Gasteiger partial charge in [-0.25, -0.2) is 0 Å². The second kappa shape index (κ2) is 11.7. The number of ether oxygens (including phenoxy) is 2. The molecule has 0 saturated heterocycles. The third-order valence-electron chi connectivity index (χ3n) is 3.23. The van der Waals surface area contributed by atoms with Crippen LogP contribution in [0.4, 0.5) is 5.69 Å². The highest BCUT2D eigenvalue weighted by Crippen LogP contribution is 2.33. The van der Waals surface area contributed by atoms with Crippen LogP contribution in [0.1, 0.15) is 32.6 Å². The van der Waals surface area contributed by atoms with Gasteiger partial charge in [0, 0.05) is 27.0 Å². The maximum atomic E-state index is 12.0. The summed E-state index contributed by atoms with van der Waals surface area (Å²) >= 11 is 6.13. The average molecular weight is 357 g/mol. The highest BCUT2D eigenvalue weighted by atomic mass is 35.5. The van der Waals surface area contributed by atoms with E-state index in [1.807, 2.05) is 0 Å². The topological polar surface area (TPSA) is 76.7 Å². The molecule has 7 heteroatoms. The molecule has 0 spiro atoms. The highest BCUT2D eigenvalue weighted by Gasteiger charge is 2.11. The molecule has 0 bridgehead atoms. The third kappa shape index (κ3) is 8.17. The Hall–Kier alpha value is -1.79. The van der Waals surface area contributed by atoms with Crippen LogP contribution in [0.2, 0.25) is 5.02 Å². The number of unbranched alkanes of at least 4 members (excludes halogenated alkanes) is 2. The maximum absolute atomic E-state index is 12.0. The zero-order valence-electron chi connectivity index (χ0n) is 14.2. The SMILES string of the molecule is COCCOc1c(Cl)cccc1NC(=O)CCCCCNC(C)=O. The van der Waals surface area contributed by atoms with Gasteiger partial charge in [0.1, 0.15) is 6.61 Å². The summed E-state index contributed by atoms with van der Waals surface area (Å²) in [5.41, 5.74) is 0.557. The fraction of sp³-hybridized carbons (Fsp3) is 0.529. The average Bonchev–Trinajstić information content (AvgIpc) is 2.53. The van der Waals surface area contributed by atoms with Crippen molar-refractivity contribution in [1.82, 2.24) is 5.32 Å². The van der Waals surface area contributed by atoms with Crippen LogP contribution in [-0.4, -0.2) is 38.7 Å². The van der Waals surface area contributed by atoms with Crippen LogP contribution >= 0.6 is 11.6 Å². The number of rotatable bonds is 11. The van der Waals surface area contributed by atoms with Crippen molar-refractivity contribution in [3.05, 3.63) is 23.2 Å². The Bertz CT molecular complexity index is 537. The Morgan fingerprint density at radius 2 is 1.96 bits per heavy atom.